The molecule has 0 radical (unpaired) electrons. The molecule has 0 fully saturated rings. The standard InChI is InChI=1S/C7H5N3O3/c11-5-10(6-1-3-13-9-6)7-8-2-4-12-7/h1-5H. The first-order chi connectivity index (χ1) is 6.42. The fourth-order valence-electron chi connectivity index (χ4n) is 0.862. The van der Waals surface area contributed by atoms with Gasteiger partial charge in [-0.25, -0.2) is 9.88 Å². The number of carbonyl (C=O) groups excluding carboxylic acids is 1. The zero-order chi connectivity index (χ0) is 9.10. The normalized spacial score (nSPS) is 9.85. The smallest absolute Gasteiger partial charge is 0.309 e. The summed E-state index contributed by atoms with van der Waals surface area (Å²) >= 11 is 0. The largest absolute Gasteiger partial charge is 0.431 e. The molecule has 0 aliphatic heterocycles. The second-order valence-corrected chi connectivity index (χ2v) is 2.15. The van der Waals surface area contributed by atoms with Crippen molar-refractivity contribution in [3.63, 3.8) is 0 Å². The van der Waals surface area contributed by atoms with E-state index in [0.29, 0.717) is 12.2 Å². The minimum atomic E-state index is 0.156. The van der Waals surface area contributed by atoms with Crippen LogP contribution in [0.15, 0.2) is 33.7 Å². The predicted molar refractivity (Wildman–Crippen MR) is 41.2 cm³/mol. The zero-order valence-corrected chi connectivity index (χ0v) is 6.45. The summed E-state index contributed by atoms with van der Waals surface area (Å²) < 4.78 is 9.49. The van der Waals surface area contributed by atoms with Crippen LogP contribution in [0.1, 0.15) is 0 Å². The monoisotopic (exact) mass is 179 g/mol. The summed E-state index contributed by atoms with van der Waals surface area (Å²) in [6, 6.07) is 1.68. The Morgan fingerprint density at radius 2 is 2.38 bits per heavy atom. The molecule has 0 unspecified atom stereocenters. The van der Waals surface area contributed by atoms with Crippen LogP contribution in [0, 0.1) is 0 Å². The Morgan fingerprint density at radius 1 is 1.46 bits per heavy atom. The first-order valence-corrected chi connectivity index (χ1v) is 3.46. The molecular formula is C7H5N3O3. The molecule has 13 heavy (non-hydrogen) atoms. The zero-order valence-electron chi connectivity index (χ0n) is 6.45. The highest BCUT2D eigenvalue weighted by Crippen LogP contribution is 2.18. The molecule has 2 aromatic rings. The van der Waals surface area contributed by atoms with Crippen LogP contribution in [0.25, 0.3) is 0 Å². The van der Waals surface area contributed by atoms with Crippen LogP contribution in [0.2, 0.25) is 0 Å². The fraction of sp³-hybridized carbons (Fsp3) is 0. The van der Waals surface area contributed by atoms with Crippen molar-refractivity contribution >= 4 is 18.2 Å². The summed E-state index contributed by atoms with van der Waals surface area (Å²) in [5, 5.41) is 3.56. The highest BCUT2D eigenvalue weighted by molar-refractivity contribution is 5.80. The minimum Gasteiger partial charge on any atom is -0.431 e. The lowest BCUT2D eigenvalue weighted by molar-refractivity contribution is -0.107. The number of amides is 1. The molecule has 0 aliphatic rings. The first-order valence-electron chi connectivity index (χ1n) is 3.46. The Morgan fingerprint density at radius 3 is 2.92 bits per heavy atom. The number of hydrogen-bond acceptors (Lipinski definition) is 5. The van der Waals surface area contributed by atoms with E-state index in [0.717, 1.165) is 4.90 Å². The van der Waals surface area contributed by atoms with Crippen molar-refractivity contribution in [2.24, 2.45) is 0 Å². The van der Waals surface area contributed by atoms with Gasteiger partial charge in [0.1, 0.15) is 12.5 Å². The van der Waals surface area contributed by atoms with E-state index in [1.165, 1.54) is 24.8 Å². The van der Waals surface area contributed by atoms with Crippen LogP contribution < -0.4 is 4.90 Å². The van der Waals surface area contributed by atoms with Gasteiger partial charge in [0.15, 0.2) is 5.82 Å². The predicted octanol–water partition coefficient (Wildman–Crippen LogP) is 0.957. The van der Waals surface area contributed by atoms with Gasteiger partial charge in [0.05, 0.1) is 6.20 Å². The molecule has 0 atom stereocenters. The maximum Gasteiger partial charge on any atom is 0.309 e. The Labute approximate surface area is 72.8 Å². The molecule has 0 saturated carbocycles. The van der Waals surface area contributed by atoms with Crippen molar-refractivity contribution in [1.82, 2.24) is 10.1 Å². The topological polar surface area (TPSA) is 72.4 Å². The molecule has 2 aromatic heterocycles. The van der Waals surface area contributed by atoms with Crippen molar-refractivity contribution < 1.29 is 13.7 Å². The molecule has 0 saturated heterocycles. The number of oxazole rings is 1. The maximum atomic E-state index is 10.6. The molecule has 6 heteroatoms. The summed E-state index contributed by atoms with van der Waals surface area (Å²) in [6.07, 6.45) is 4.70. The van der Waals surface area contributed by atoms with Crippen molar-refractivity contribution in [1.29, 1.82) is 0 Å². The maximum absolute atomic E-state index is 10.6. The summed E-state index contributed by atoms with van der Waals surface area (Å²) in [5.74, 6) is 0.331. The van der Waals surface area contributed by atoms with Gasteiger partial charge in [-0.15, -0.1) is 0 Å². The van der Waals surface area contributed by atoms with E-state index in [2.05, 4.69) is 14.7 Å². The van der Waals surface area contributed by atoms with Gasteiger partial charge in [-0.05, 0) is 0 Å². The molecule has 0 N–H and O–H groups in total. The van der Waals surface area contributed by atoms with E-state index < -0.39 is 0 Å². The number of rotatable bonds is 3. The van der Waals surface area contributed by atoms with Gasteiger partial charge in [-0.2, -0.15) is 0 Å². The summed E-state index contributed by atoms with van der Waals surface area (Å²) in [7, 11) is 0. The molecule has 0 aromatic carbocycles. The number of carbonyl (C=O) groups is 1. The third-order valence-electron chi connectivity index (χ3n) is 1.40. The van der Waals surface area contributed by atoms with Crippen LogP contribution in [-0.2, 0) is 4.79 Å². The van der Waals surface area contributed by atoms with Crippen LogP contribution in [-0.4, -0.2) is 16.6 Å². The van der Waals surface area contributed by atoms with Crippen molar-refractivity contribution in [2.45, 2.75) is 0 Å². The highest BCUT2D eigenvalue weighted by atomic mass is 16.5. The molecule has 0 spiro atoms. The molecule has 2 rings (SSSR count). The molecule has 2 heterocycles. The Bertz CT molecular complexity index is 333. The number of nitrogens with zero attached hydrogens (tertiary/aromatic N) is 3. The average Bonchev–Trinajstić information content (AvgIpc) is 2.76. The Balaban J connectivity index is 2.35. The van der Waals surface area contributed by atoms with E-state index >= 15 is 0 Å². The van der Waals surface area contributed by atoms with Gasteiger partial charge in [0, 0.05) is 6.07 Å². The Hall–Kier alpha value is -2.11. The van der Waals surface area contributed by atoms with E-state index in [1.807, 2.05) is 0 Å². The minimum absolute atomic E-state index is 0.156. The third-order valence-corrected chi connectivity index (χ3v) is 1.40. The third kappa shape index (κ3) is 1.28. The SMILES string of the molecule is O=CN(c1ccon1)c1ncco1. The van der Waals surface area contributed by atoms with Gasteiger partial charge in [0.25, 0.3) is 0 Å². The summed E-state index contributed by atoms with van der Waals surface area (Å²) in [4.78, 5) is 15.6. The van der Waals surface area contributed by atoms with Crippen LogP contribution in [0.3, 0.4) is 0 Å². The average molecular weight is 179 g/mol. The molecule has 1 amide bonds. The first kappa shape index (κ1) is 7.53. The fourth-order valence-corrected chi connectivity index (χ4v) is 0.862. The highest BCUT2D eigenvalue weighted by Gasteiger charge is 2.14. The van der Waals surface area contributed by atoms with Gasteiger partial charge >= 0.3 is 6.01 Å². The van der Waals surface area contributed by atoms with Gasteiger partial charge < -0.3 is 8.94 Å². The number of anilines is 2. The molecule has 0 bridgehead atoms. The van der Waals surface area contributed by atoms with Gasteiger partial charge in [0.2, 0.25) is 6.41 Å². The molecule has 66 valence electrons. The van der Waals surface area contributed by atoms with E-state index in [-0.39, 0.29) is 6.01 Å². The number of hydrogen-bond donors (Lipinski definition) is 0. The number of aromatic nitrogens is 2. The van der Waals surface area contributed by atoms with Crippen LogP contribution in [0.4, 0.5) is 11.8 Å². The molecular weight excluding hydrogens is 174 g/mol. The van der Waals surface area contributed by atoms with Gasteiger partial charge in [-0.1, -0.05) is 5.16 Å². The van der Waals surface area contributed by atoms with Crippen LogP contribution >= 0.6 is 0 Å². The Kier molecular flexibility index (Phi) is 1.79. The van der Waals surface area contributed by atoms with Crippen molar-refractivity contribution in [3.8, 4) is 0 Å². The lowest BCUT2D eigenvalue weighted by atomic mass is 10.6. The van der Waals surface area contributed by atoms with E-state index in [4.69, 9.17) is 4.42 Å². The van der Waals surface area contributed by atoms with E-state index in [9.17, 15) is 4.79 Å². The van der Waals surface area contributed by atoms with Gasteiger partial charge in [-0.3, -0.25) is 4.79 Å². The second kappa shape index (κ2) is 3.10. The van der Waals surface area contributed by atoms with Crippen molar-refractivity contribution in [3.05, 3.63) is 24.8 Å². The lowest BCUT2D eigenvalue weighted by Crippen LogP contribution is -2.14. The summed E-state index contributed by atoms with van der Waals surface area (Å²) in [6.45, 7) is 0. The summed E-state index contributed by atoms with van der Waals surface area (Å²) in [5.41, 5.74) is 0. The molecule has 6 nitrogen and oxygen atoms in total. The van der Waals surface area contributed by atoms with Crippen LogP contribution in [0.5, 0.6) is 0 Å². The van der Waals surface area contributed by atoms with Crippen molar-refractivity contribution in [2.75, 3.05) is 4.90 Å². The molecule has 0 aliphatic carbocycles. The second-order valence-electron chi connectivity index (χ2n) is 2.15. The lowest BCUT2D eigenvalue weighted by Gasteiger charge is -2.06. The van der Waals surface area contributed by atoms with E-state index in [1.54, 1.807) is 0 Å². The quantitative estimate of drug-likeness (QED) is 0.656.